The Morgan fingerprint density at radius 1 is 1.25 bits per heavy atom. The van der Waals surface area contributed by atoms with E-state index in [0.29, 0.717) is 0 Å². The van der Waals surface area contributed by atoms with Crippen LogP contribution in [0.5, 0.6) is 0 Å². The minimum atomic E-state index is 0. The summed E-state index contributed by atoms with van der Waals surface area (Å²) in [6.45, 7) is 0. The molecule has 0 aromatic carbocycles. The van der Waals surface area contributed by atoms with E-state index in [9.17, 15) is 0 Å². The van der Waals surface area contributed by atoms with Crippen LogP contribution < -0.4 is 0 Å². The number of hydrogen-bond donors (Lipinski definition) is 0. The second-order valence-corrected chi connectivity index (χ2v) is 0. The molecule has 0 nitrogen and oxygen atoms in total. The Bertz CT molecular complexity index is 13.5. The molecule has 0 fully saturated rings. The van der Waals surface area contributed by atoms with Gasteiger partial charge >= 0.3 is 48.9 Å². The molecule has 0 aliphatic carbocycles. The minimum Gasteiger partial charge on any atom is -1.00 e. The Morgan fingerprint density at radius 2 is 1.25 bits per heavy atom. The van der Waals surface area contributed by atoms with Crippen LogP contribution in [0.15, 0.2) is 0 Å². The fourth-order valence-corrected chi connectivity index (χ4v) is 0. The van der Waals surface area contributed by atoms with Crippen molar-refractivity contribution >= 4 is 68.3 Å². The van der Waals surface area contributed by atoms with Gasteiger partial charge in [-0.25, -0.2) is 0 Å². The third-order valence-electron chi connectivity index (χ3n) is 0. The summed E-state index contributed by atoms with van der Waals surface area (Å²) in [7, 11) is 0. The van der Waals surface area contributed by atoms with E-state index in [4.69, 9.17) is 0 Å². The average Bonchev–Trinajstić information content (AvgIpc) is 0. The molecule has 4 heavy (non-hydrogen) atoms. The van der Waals surface area contributed by atoms with Crippen LogP contribution in [0.2, 0.25) is 0 Å². The standard InChI is InChI=1S/B.Ba.La.H4Si.2H/h;;;1H4;;/q;+2;;;2*-1. The normalized spacial score (nSPS) is 0. The van der Waals surface area contributed by atoms with Crippen LogP contribution in [0.1, 0.15) is 2.85 Å². The second-order valence-electron chi connectivity index (χ2n) is 0. The van der Waals surface area contributed by atoms with Crippen LogP contribution in [-0.4, -0.2) is 68.3 Å². The third-order valence-corrected chi connectivity index (χ3v) is 0. The van der Waals surface area contributed by atoms with Gasteiger partial charge in [0.2, 0.25) is 0 Å². The van der Waals surface area contributed by atoms with E-state index in [1.807, 2.05) is 0 Å². The molecule has 18 valence electrons. The summed E-state index contributed by atoms with van der Waals surface area (Å²) in [5.74, 6) is 0. The van der Waals surface area contributed by atoms with Crippen molar-refractivity contribution < 1.29 is 38.5 Å². The smallest absolute Gasteiger partial charge is 1.00 e. The van der Waals surface area contributed by atoms with Crippen LogP contribution in [0.25, 0.3) is 0 Å². The zero-order chi connectivity index (χ0) is 0. The molecule has 0 aliphatic rings. The van der Waals surface area contributed by atoms with Crippen LogP contribution in [0.3, 0.4) is 0 Å². The number of hydrogen-bond acceptors (Lipinski definition) is 0. The summed E-state index contributed by atoms with van der Waals surface area (Å²) >= 11 is 0. The van der Waals surface area contributed by atoms with Gasteiger partial charge in [0.1, 0.15) is 0 Å². The van der Waals surface area contributed by atoms with E-state index in [1.165, 1.54) is 0 Å². The maximum absolute atomic E-state index is 0. The van der Waals surface area contributed by atoms with Gasteiger partial charge in [0.05, 0.1) is 0 Å². The van der Waals surface area contributed by atoms with Crippen molar-refractivity contribution in [3.63, 3.8) is 0 Å². The van der Waals surface area contributed by atoms with E-state index < -0.39 is 0 Å². The molecular weight excluding hydrogens is 315 g/mol. The Hall–Kier alpha value is 3.05. The molecule has 0 aliphatic heterocycles. The summed E-state index contributed by atoms with van der Waals surface area (Å²) in [6.07, 6.45) is 0. The van der Waals surface area contributed by atoms with Crippen LogP contribution in [0, 0.1) is 35.6 Å². The van der Waals surface area contributed by atoms with Gasteiger partial charge in [-0.15, -0.1) is 0 Å². The Balaban J connectivity index is 0. The Morgan fingerprint density at radius 3 is 1.25 bits per heavy atom. The fraction of sp³-hybridized carbons (Fsp3) is 0. The largest absolute Gasteiger partial charge is 2.00 e. The van der Waals surface area contributed by atoms with Gasteiger partial charge in [0, 0.05) is 44.0 Å². The van der Waals surface area contributed by atoms with Gasteiger partial charge in [0.25, 0.3) is 0 Å². The van der Waals surface area contributed by atoms with E-state index >= 15 is 0 Å². The molecule has 4 radical (unpaired) electrons. The Kier molecular flexibility index (Phi) is 115. The fourth-order valence-electron chi connectivity index (χ4n) is 0. The first kappa shape index (κ1) is 27.7. The molecule has 0 N–H and O–H groups in total. The molecule has 0 amide bonds. The van der Waals surface area contributed by atoms with Crippen molar-refractivity contribution in [3.8, 4) is 0 Å². The summed E-state index contributed by atoms with van der Waals surface area (Å²) in [6, 6.07) is 0. The molecule has 0 spiro atoms. The molecule has 0 saturated heterocycles. The summed E-state index contributed by atoms with van der Waals surface area (Å²) in [5, 5.41) is 0. The van der Waals surface area contributed by atoms with Crippen molar-refractivity contribution in [2.75, 3.05) is 0 Å². The van der Waals surface area contributed by atoms with Crippen LogP contribution in [0.4, 0.5) is 0 Å². The van der Waals surface area contributed by atoms with E-state index in [2.05, 4.69) is 0 Å². The molecule has 0 bridgehead atoms. The maximum atomic E-state index is 0. The van der Waals surface area contributed by atoms with Crippen LogP contribution >= 0.6 is 0 Å². The van der Waals surface area contributed by atoms with Crippen molar-refractivity contribution in [2.45, 2.75) is 0 Å². The molecule has 0 aromatic heterocycles. The van der Waals surface area contributed by atoms with Crippen molar-refractivity contribution in [3.05, 3.63) is 0 Å². The topological polar surface area (TPSA) is 0 Å². The van der Waals surface area contributed by atoms with Crippen molar-refractivity contribution in [1.82, 2.24) is 0 Å². The monoisotopic (exact) mass is 322 g/mol. The van der Waals surface area contributed by atoms with Gasteiger partial charge in [-0.1, -0.05) is 0 Å². The first-order valence-corrected chi connectivity index (χ1v) is 0. The molecular formula is H6BBaLaSi. The van der Waals surface area contributed by atoms with E-state index in [1.54, 1.807) is 0 Å². The van der Waals surface area contributed by atoms with Gasteiger partial charge in [-0.05, 0) is 11.0 Å². The molecule has 0 aromatic rings. The molecule has 0 heterocycles. The Labute approximate surface area is 104 Å². The average molecular weight is 321 g/mol. The van der Waals surface area contributed by atoms with Crippen molar-refractivity contribution in [1.29, 1.82) is 0 Å². The predicted octanol–water partition coefficient (Wildman–Crippen LogP) is -1.99. The SMILES string of the molecule is [B].[Ba+2].[H-].[H-].[La].[SiH4]. The second kappa shape index (κ2) is 16.6. The van der Waals surface area contributed by atoms with Gasteiger partial charge in [-0.2, -0.15) is 0 Å². The maximum Gasteiger partial charge on any atom is 2.00 e. The van der Waals surface area contributed by atoms with E-state index in [0.717, 1.165) is 0 Å². The van der Waals surface area contributed by atoms with E-state index in [-0.39, 0.29) is 107 Å². The molecule has 0 saturated carbocycles. The third kappa shape index (κ3) is 8.90. The molecule has 0 atom stereocenters. The molecule has 4 heteroatoms. The zero-order valence-corrected chi connectivity index (χ0v) is 9.93. The molecule has 0 rings (SSSR count). The van der Waals surface area contributed by atoms with Crippen LogP contribution in [-0.2, 0) is 0 Å². The van der Waals surface area contributed by atoms with Gasteiger partial charge in [0.15, 0.2) is 0 Å². The minimum absolute atomic E-state index is 0. The van der Waals surface area contributed by atoms with Gasteiger partial charge < -0.3 is 2.85 Å². The number of rotatable bonds is 0. The molecule has 0 unspecified atom stereocenters. The summed E-state index contributed by atoms with van der Waals surface area (Å²) in [5.41, 5.74) is 0. The predicted molar refractivity (Wildman–Crippen MR) is 25.1 cm³/mol. The van der Waals surface area contributed by atoms with Crippen molar-refractivity contribution in [2.24, 2.45) is 0 Å². The zero-order valence-electron chi connectivity index (χ0n) is 3.86. The first-order valence-electron chi connectivity index (χ1n) is 0. The summed E-state index contributed by atoms with van der Waals surface area (Å²) in [4.78, 5) is 0. The quantitative estimate of drug-likeness (QED) is 0.454. The summed E-state index contributed by atoms with van der Waals surface area (Å²) < 4.78 is 0. The first-order chi connectivity index (χ1) is 0. The van der Waals surface area contributed by atoms with Gasteiger partial charge in [-0.3, -0.25) is 0 Å².